The number of ether oxygens (including phenoxy) is 1. The number of benzene rings is 2. The van der Waals surface area contributed by atoms with Gasteiger partial charge in [0, 0.05) is 12.5 Å². The van der Waals surface area contributed by atoms with Gasteiger partial charge in [0.15, 0.2) is 0 Å². The highest BCUT2D eigenvalue weighted by Gasteiger charge is 2.66. The van der Waals surface area contributed by atoms with Crippen molar-refractivity contribution in [1.29, 1.82) is 0 Å². The summed E-state index contributed by atoms with van der Waals surface area (Å²) in [6, 6.07) is 14.6. The molecule has 0 spiro atoms. The lowest BCUT2D eigenvalue weighted by molar-refractivity contribution is -0.200. The van der Waals surface area contributed by atoms with Crippen molar-refractivity contribution >= 4 is 17.6 Å². The van der Waals surface area contributed by atoms with Gasteiger partial charge in [-0.05, 0) is 17.7 Å². The monoisotopic (exact) mass is 405 g/mol. The average molecular weight is 405 g/mol. The van der Waals surface area contributed by atoms with Gasteiger partial charge in [0.05, 0.1) is 13.7 Å². The number of methoxy groups -OCH3 is 1. The summed E-state index contributed by atoms with van der Waals surface area (Å²) in [5.41, 5.74) is -2.47. The molecule has 1 aliphatic heterocycles. The Morgan fingerprint density at radius 2 is 1.76 bits per heavy atom. The first-order valence-corrected chi connectivity index (χ1v) is 8.63. The van der Waals surface area contributed by atoms with Gasteiger partial charge >= 0.3 is 11.8 Å². The molecule has 2 amide bonds. The van der Waals surface area contributed by atoms with Crippen LogP contribution in [0.25, 0.3) is 0 Å². The smallest absolute Gasteiger partial charge is 0.442 e. The second-order valence-corrected chi connectivity index (χ2v) is 6.43. The number of hydrogen-bond donors (Lipinski definition) is 1. The fourth-order valence-corrected chi connectivity index (χ4v) is 3.02. The van der Waals surface area contributed by atoms with E-state index in [-0.39, 0.29) is 12.4 Å². The van der Waals surface area contributed by atoms with E-state index in [0.717, 1.165) is 11.8 Å². The maximum absolute atomic E-state index is 13.9. The molecule has 0 radical (unpaired) electrons. The van der Waals surface area contributed by atoms with E-state index in [2.05, 4.69) is 4.99 Å². The van der Waals surface area contributed by atoms with Crippen molar-refractivity contribution in [3.05, 3.63) is 65.7 Å². The molecule has 152 valence electrons. The first-order valence-electron chi connectivity index (χ1n) is 8.63. The molecule has 0 saturated heterocycles. The van der Waals surface area contributed by atoms with Crippen LogP contribution in [0.5, 0.6) is 5.75 Å². The summed E-state index contributed by atoms with van der Waals surface area (Å²) < 4.78 is 46.9. The Hall–Kier alpha value is -3.36. The zero-order chi connectivity index (χ0) is 21.2. The van der Waals surface area contributed by atoms with Crippen molar-refractivity contribution in [3.63, 3.8) is 0 Å². The first kappa shape index (κ1) is 20.4. The van der Waals surface area contributed by atoms with Crippen molar-refractivity contribution in [2.75, 3.05) is 7.11 Å². The molecular weight excluding hydrogens is 387 g/mol. The molecule has 6 nitrogen and oxygen atoms in total. The van der Waals surface area contributed by atoms with E-state index in [0.29, 0.717) is 16.9 Å². The van der Waals surface area contributed by atoms with E-state index in [9.17, 15) is 22.8 Å². The Kier molecular flexibility index (Phi) is 5.32. The molecule has 0 bridgehead atoms. The minimum atomic E-state index is -5.12. The summed E-state index contributed by atoms with van der Waals surface area (Å²) in [7, 11) is 1.49. The molecule has 2 aromatic rings. The molecule has 2 aromatic carbocycles. The molecule has 0 aromatic heterocycles. The van der Waals surface area contributed by atoms with Gasteiger partial charge in [0.25, 0.3) is 5.91 Å². The highest BCUT2D eigenvalue weighted by atomic mass is 19.4. The van der Waals surface area contributed by atoms with Gasteiger partial charge in [-0.15, -0.1) is 0 Å². The van der Waals surface area contributed by atoms with E-state index in [1.807, 2.05) is 0 Å². The van der Waals surface area contributed by atoms with Gasteiger partial charge in [-0.2, -0.15) is 13.2 Å². The Morgan fingerprint density at radius 1 is 1.14 bits per heavy atom. The number of amides is 2. The maximum Gasteiger partial charge on any atom is 0.442 e. The van der Waals surface area contributed by atoms with Crippen LogP contribution in [0, 0.1) is 0 Å². The molecule has 1 heterocycles. The molecular formula is C20H18F3N3O3. The molecule has 1 aliphatic rings. The number of aliphatic imine (C=N–C) groups is 1. The van der Waals surface area contributed by atoms with Crippen LogP contribution in [0.3, 0.4) is 0 Å². The summed E-state index contributed by atoms with van der Waals surface area (Å²) >= 11 is 0. The molecule has 0 fully saturated rings. The molecule has 29 heavy (non-hydrogen) atoms. The van der Waals surface area contributed by atoms with Crippen molar-refractivity contribution in [1.82, 2.24) is 10.2 Å². The number of nitrogens with zero attached hydrogens (tertiary/aromatic N) is 2. The second kappa shape index (κ2) is 7.57. The Labute approximate surface area is 165 Å². The van der Waals surface area contributed by atoms with Crippen LogP contribution in [-0.4, -0.2) is 41.5 Å². The third-order valence-electron chi connectivity index (χ3n) is 4.38. The van der Waals surface area contributed by atoms with Gasteiger partial charge in [-0.3, -0.25) is 14.5 Å². The molecule has 0 aliphatic carbocycles. The molecule has 0 unspecified atom stereocenters. The lowest BCUT2D eigenvalue weighted by Gasteiger charge is -2.28. The van der Waals surface area contributed by atoms with E-state index >= 15 is 0 Å². The fourth-order valence-electron chi connectivity index (χ4n) is 3.02. The fraction of sp³-hybridized carbons (Fsp3) is 0.250. The number of alkyl halides is 3. The predicted molar refractivity (Wildman–Crippen MR) is 99.1 cm³/mol. The SMILES string of the molecule is COc1ccc(CN2C(=O)[C@@](NC(C)=O)(C(F)(F)F)N=C2c2ccccc2)cc1. The molecule has 9 heteroatoms. The summed E-state index contributed by atoms with van der Waals surface area (Å²) in [5.74, 6) is -1.98. The quantitative estimate of drug-likeness (QED) is 0.832. The van der Waals surface area contributed by atoms with Crippen LogP contribution in [0.15, 0.2) is 59.6 Å². The average Bonchev–Trinajstić information content (AvgIpc) is 2.96. The van der Waals surface area contributed by atoms with E-state index < -0.39 is 23.7 Å². The van der Waals surface area contributed by atoms with Gasteiger partial charge in [0.1, 0.15) is 11.6 Å². The number of carbonyl (C=O) groups excluding carboxylic acids is 2. The number of halogens is 3. The maximum atomic E-state index is 13.9. The van der Waals surface area contributed by atoms with Crippen molar-refractivity contribution in [2.24, 2.45) is 4.99 Å². The van der Waals surface area contributed by atoms with Gasteiger partial charge < -0.3 is 10.1 Å². The van der Waals surface area contributed by atoms with E-state index in [1.54, 1.807) is 59.9 Å². The molecule has 1 atom stereocenters. The van der Waals surface area contributed by atoms with Crippen LogP contribution < -0.4 is 10.1 Å². The van der Waals surface area contributed by atoms with Crippen LogP contribution >= 0.6 is 0 Å². The number of rotatable bonds is 5. The summed E-state index contributed by atoms with van der Waals surface area (Å²) in [4.78, 5) is 29.1. The molecule has 0 saturated carbocycles. The van der Waals surface area contributed by atoms with Gasteiger partial charge in [-0.1, -0.05) is 42.5 Å². The van der Waals surface area contributed by atoms with Crippen LogP contribution in [0.1, 0.15) is 18.1 Å². The van der Waals surface area contributed by atoms with Crippen LogP contribution in [0.4, 0.5) is 13.2 Å². The Balaban J connectivity index is 2.09. The van der Waals surface area contributed by atoms with Gasteiger partial charge in [-0.25, -0.2) is 4.99 Å². The number of carbonyl (C=O) groups is 2. The zero-order valence-corrected chi connectivity index (χ0v) is 15.7. The number of amidine groups is 1. The third-order valence-corrected chi connectivity index (χ3v) is 4.38. The standard InChI is InChI=1S/C20H18F3N3O3/c1-13(27)24-19(20(21,22)23)18(28)26(12-14-8-10-16(29-2)11-9-14)17(25-19)15-6-4-3-5-7-15/h3-11H,12H2,1-2H3,(H,24,27)/t19-/m0/s1. The Bertz CT molecular complexity index is 943. The van der Waals surface area contributed by atoms with E-state index in [4.69, 9.17) is 4.74 Å². The lowest BCUT2D eigenvalue weighted by Crippen LogP contribution is -2.62. The first-order chi connectivity index (χ1) is 13.7. The van der Waals surface area contributed by atoms with Crippen molar-refractivity contribution < 1.29 is 27.5 Å². The van der Waals surface area contributed by atoms with Crippen LogP contribution in [0.2, 0.25) is 0 Å². The summed E-state index contributed by atoms with van der Waals surface area (Å²) in [6.07, 6.45) is -5.12. The summed E-state index contributed by atoms with van der Waals surface area (Å²) in [6.45, 7) is 0.749. The minimum absolute atomic E-state index is 0.159. The summed E-state index contributed by atoms with van der Waals surface area (Å²) in [5, 5.41) is 1.72. The highest BCUT2D eigenvalue weighted by Crippen LogP contribution is 2.39. The lowest BCUT2D eigenvalue weighted by atomic mass is 10.1. The third kappa shape index (κ3) is 3.80. The number of nitrogens with one attached hydrogen (secondary N) is 1. The topological polar surface area (TPSA) is 71.0 Å². The number of hydrogen-bond acceptors (Lipinski definition) is 4. The predicted octanol–water partition coefficient (Wildman–Crippen LogP) is 2.88. The largest absolute Gasteiger partial charge is 0.497 e. The highest BCUT2D eigenvalue weighted by molar-refractivity contribution is 6.16. The second-order valence-electron chi connectivity index (χ2n) is 6.43. The van der Waals surface area contributed by atoms with Gasteiger partial charge in [0.2, 0.25) is 5.91 Å². The molecule has 3 rings (SSSR count). The van der Waals surface area contributed by atoms with Crippen molar-refractivity contribution in [3.8, 4) is 5.75 Å². The normalized spacial score (nSPS) is 19.1. The Morgan fingerprint density at radius 3 is 2.28 bits per heavy atom. The minimum Gasteiger partial charge on any atom is -0.497 e. The zero-order valence-electron chi connectivity index (χ0n) is 15.7. The van der Waals surface area contributed by atoms with Crippen molar-refractivity contribution in [2.45, 2.75) is 25.3 Å². The van der Waals surface area contributed by atoms with Crippen LogP contribution in [-0.2, 0) is 16.1 Å². The van der Waals surface area contributed by atoms with E-state index in [1.165, 1.54) is 7.11 Å². The molecule has 1 N–H and O–H groups in total.